The van der Waals surface area contributed by atoms with Gasteiger partial charge in [-0.15, -0.1) is 0 Å². The Morgan fingerprint density at radius 1 is 1.15 bits per heavy atom. The number of hydrogen-bond acceptors (Lipinski definition) is 11. The number of benzene rings is 1. The van der Waals surface area contributed by atoms with E-state index in [2.05, 4.69) is 25.6 Å². The quantitative estimate of drug-likeness (QED) is 0.296. The van der Waals surface area contributed by atoms with E-state index in [9.17, 15) is 19.0 Å². The summed E-state index contributed by atoms with van der Waals surface area (Å²) in [6, 6.07) is 9.08. The van der Waals surface area contributed by atoms with Crippen molar-refractivity contribution in [3.63, 3.8) is 0 Å². The molecule has 16 heteroatoms. The van der Waals surface area contributed by atoms with Gasteiger partial charge in [-0.05, 0) is 12.5 Å². The molecule has 0 radical (unpaired) electrons. The SMILES string of the molecule is CCNC(=O)Nc1ncnc2c1ncn2[C@@H]1O[C@H](COP(=O)([O-])CC(=O)O)C2OC(Cc3ccccc3)OC21. The Morgan fingerprint density at radius 3 is 2.67 bits per heavy atom. The van der Waals surface area contributed by atoms with E-state index < -0.39 is 63.2 Å². The first-order valence-electron chi connectivity index (χ1n) is 12.1. The molecule has 4 unspecified atom stereocenters. The van der Waals surface area contributed by atoms with Gasteiger partial charge in [0.1, 0.15) is 38.4 Å². The molecule has 2 saturated heterocycles. The van der Waals surface area contributed by atoms with Crippen LogP contribution >= 0.6 is 7.60 Å². The second kappa shape index (κ2) is 11.3. The van der Waals surface area contributed by atoms with Crippen LogP contribution in [-0.2, 0) is 34.5 Å². The van der Waals surface area contributed by atoms with Crippen molar-refractivity contribution in [1.82, 2.24) is 24.8 Å². The Hall–Kier alpha value is -3.46. The van der Waals surface area contributed by atoms with Gasteiger partial charge in [0.2, 0.25) is 0 Å². The van der Waals surface area contributed by atoms with E-state index in [0.717, 1.165) is 5.56 Å². The number of aromatic nitrogens is 4. The van der Waals surface area contributed by atoms with E-state index >= 15 is 0 Å². The Bertz CT molecular complexity index is 1390. The maximum atomic E-state index is 12.1. The lowest BCUT2D eigenvalue weighted by Gasteiger charge is -2.25. The molecule has 4 heterocycles. The van der Waals surface area contributed by atoms with Gasteiger partial charge in [-0.2, -0.15) is 0 Å². The van der Waals surface area contributed by atoms with Gasteiger partial charge in [-0.1, -0.05) is 30.3 Å². The van der Waals surface area contributed by atoms with Crippen LogP contribution in [0.2, 0.25) is 0 Å². The normalized spacial score (nSPS) is 25.7. The van der Waals surface area contributed by atoms with Gasteiger partial charge < -0.3 is 38.6 Å². The van der Waals surface area contributed by atoms with Crippen molar-refractivity contribution in [3.05, 3.63) is 48.5 Å². The number of aliphatic carboxylic acids is 1. The summed E-state index contributed by atoms with van der Waals surface area (Å²) in [7, 11) is -4.66. The summed E-state index contributed by atoms with van der Waals surface area (Å²) in [5, 5.41) is 14.1. The van der Waals surface area contributed by atoms with Gasteiger partial charge in [0.25, 0.3) is 0 Å². The van der Waals surface area contributed by atoms with Crippen LogP contribution in [0, 0.1) is 0 Å². The highest BCUT2D eigenvalue weighted by molar-refractivity contribution is 7.52. The summed E-state index contributed by atoms with van der Waals surface area (Å²) < 4.78 is 37.1. The lowest BCUT2D eigenvalue weighted by molar-refractivity contribution is -0.204. The molecular weight excluding hydrogens is 535 g/mol. The zero-order valence-corrected chi connectivity index (χ0v) is 21.6. The number of ether oxygens (including phenoxy) is 3. The number of carbonyl (C=O) groups is 2. The fraction of sp³-hybridized carbons (Fsp3) is 0.435. The van der Waals surface area contributed by atoms with Gasteiger partial charge >= 0.3 is 12.0 Å². The van der Waals surface area contributed by atoms with Crippen LogP contribution in [0.15, 0.2) is 43.0 Å². The molecule has 3 aromatic rings. The molecule has 0 bridgehead atoms. The minimum absolute atomic E-state index is 0.186. The molecule has 3 N–H and O–H groups in total. The fourth-order valence-electron chi connectivity index (χ4n) is 4.50. The van der Waals surface area contributed by atoms with Crippen molar-refractivity contribution in [2.24, 2.45) is 0 Å². The molecule has 2 aromatic heterocycles. The number of nitrogens with one attached hydrogen (secondary N) is 2. The number of rotatable bonds is 10. The molecule has 6 atom stereocenters. The van der Waals surface area contributed by atoms with Gasteiger partial charge in [-0.25, -0.2) is 19.7 Å². The number of imidazole rings is 1. The summed E-state index contributed by atoms with van der Waals surface area (Å²) in [6.45, 7) is 1.72. The largest absolute Gasteiger partial charge is 0.778 e. The summed E-state index contributed by atoms with van der Waals surface area (Å²) in [4.78, 5) is 47.8. The highest BCUT2D eigenvalue weighted by Crippen LogP contribution is 2.44. The second-order valence-corrected chi connectivity index (χ2v) is 10.7. The van der Waals surface area contributed by atoms with Crippen LogP contribution in [-0.4, -0.2) is 80.5 Å². The number of fused-ring (bicyclic) bond motifs is 2. The summed E-state index contributed by atoms with van der Waals surface area (Å²) >= 11 is 0. The zero-order valence-electron chi connectivity index (χ0n) is 20.7. The third kappa shape index (κ3) is 6.08. The Balaban J connectivity index is 1.40. The number of carboxylic acids is 1. The topological polar surface area (TPSA) is 199 Å². The maximum Gasteiger partial charge on any atom is 0.320 e. The molecule has 0 spiro atoms. The highest BCUT2D eigenvalue weighted by Gasteiger charge is 2.54. The van der Waals surface area contributed by atoms with Gasteiger partial charge in [0.15, 0.2) is 29.5 Å². The molecular formula is C23H26N6O9P-. The van der Waals surface area contributed by atoms with E-state index in [1.165, 1.54) is 12.7 Å². The third-order valence-electron chi connectivity index (χ3n) is 6.12. The van der Waals surface area contributed by atoms with Crippen molar-refractivity contribution in [2.75, 3.05) is 24.6 Å². The summed E-state index contributed by atoms with van der Waals surface area (Å²) in [5.74, 6) is -1.34. The van der Waals surface area contributed by atoms with Gasteiger partial charge in [0.05, 0.1) is 12.9 Å². The monoisotopic (exact) mass is 561 g/mol. The first-order chi connectivity index (χ1) is 18.7. The molecule has 2 amide bonds. The number of urea groups is 1. The Kier molecular flexibility index (Phi) is 7.88. The molecule has 2 aliphatic heterocycles. The number of hydrogen-bond donors (Lipinski definition) is 3. The average Bonchev–Trinajstić information content (AvgIpc) is 3.57. The first kappa shape index (κ1) is 27.1. The van der Waals surface area contributed by atoms with Crippen molar-refractivity contribution in [3.8, 4) is 0 Å². The van der Waals surface area contributed by atoms with E-state index in [0.29, 0.717) is 24.1 Å². The molecule has 15 nitrogen and oxygen atoms in total. The van der Waals surface area contributed by atoms with Crippen LogP contribution in [0.3, 0.4) is 0 Å². The lowest BCUT2D eigenvalue weighted by Crippen LogP contribution is -2.32. The van der Waals surface area contributed by atoms with Crippen LogP contribution in [0.1, 0.15) is 18.7 Å². The zero-order chi connectivity index (χ0) is 27.6. The number of anilines is 1. The minimum Gasteiger partial charge on any atom is -0.778 e. The average molecular weight is 561 g/mol. The molecule has 5 rings (SSSR count). The third-order valence-corrected chi connectivity index (χ3v) is 7.32. The number of carbonyl (C=O) groups excluding carboxylic acids is 1. The molecule has 39 heavy (non-hydrogen) atoms. The lowest BCUT2D eigenvalue weighted by atomic mass is 10.1. The van der Waals surface area contributed by atoms with Crippen molar-refractivity contribution >= 4 is 36.6 Å². The fourth-order valence-corrected chi connectivity index (χ4v) is 5.30. The van der Waals surface area contributed by atoms with Crippen LogP contribution < -0.4 is 15.5 Å². The summed E-state index contributed by atoms with van der Waals surface area (Å²) in [6.07, 6.45) is -1.88. The van der Waals surface area contributed by atoms with Crippen molar-refractivity contribution in [1.29, 1.82) is 0 Å². The first-order valence-corrected chi connectivity index (χ1v) is 13.9. The van der Waals surface area contributed by atoms with Gasteiger partial charge in [-0.3, -0.25) is 14.7 Å². The van der Waals surface area contributed by atoms with Gasteiger partial charge in [0, 0.05) is 13.0 Å². The molecule has 2 aliphatic rings. The smallest absolute Gasteiger partial charge is 0.320 e. The van der Waals surface area contributed by atoms with E-state index in [-0.39, 0.29) is 5.82 Å². The summed E-state index contributed by atoms with van der Waals surface area (Å²) in [5.41, 5.74) is 1.60. The number of carboxylic acid groups (broad SMARTS) is 1. The molecule has 208 valence electrons. The van der Waals surface area contributed by atoms with E-state index in [4.69, 9.17) is 23.8 Å². The molecule has 1 aromatic carbocycles. The Labute approximate surface area is 222 Å². The Morgan fingerprint density at radius 2 is 1.92 bits per heavy atom. The minimum atomic E-state index is -4.66. The van der Waals surface area contributed by atoms with E-state index in [1.54, 1.807) is 11.5 Å². The van der Waals surface area contributed by atoms with Crippen molar-refractivity contribution in [2.45, 2.75) is 44.2 Å². The number of amides is 2. The van der Waals surface area contributed by atoms with E-state index in [1.807, 2.05) is 30.3 Å². The maximum absolute atomic E-state index is 12.1. The molecule has 2 fully saturated rings. The molecule has 0 saturated carbocycles. The van der Waals surface area contributed by atoms with Crippen LogP contribution in [0.5, 0.6) is 0 Å². The predicted octanol–water partition coefficient (Wildman–Crippen LogP) is 0.873. The van der Waals surface area contributed by atoms with Crippen molar-refractivity contribution < 1.29 is 42.9 Å². The molecule has 0 aliphatic carbocycles. The predicted molar refractivity (Wildman–Crippen MR) is 132 cm³/mol. The van der Waals surface area contributed by atoms with Crippen LogP contribution in [0.4, 0.5) is 10.6 Å². The van der Waals surface area contributed by atoms with Crippen LogP contribution in [0.25, 0.3) is 11.2 Å². The highest BCUT2D eigenvalue weighted by atomic mass is 31.2. The standard InChI is InChI=1S/C23H27N6O9P/c1-2-24-23(32)28-20-17-21(26-11-25-20)29(12-27-17)22-19-18(14(36-22)9-35-39(33,34)10-15(30)31)37-16(38-19)8-13-6-4-3-5-7-13/h3-7,11-12,14,16,18-19,22H,2,8-10H2,1H3,(H,30,31)(H,33,34)(H2,24,25,26,28,32)/p-1/t14-,16?,18?,19?,22-/m1/s1. The number of nitrogens with zero attached hydrogens (tertiary/aromatic N) is 4. The second-order valence-electron chi connectivity index (χ2n) is 8.88.